The van der Waals surface area contributed by atoms with Gasteiger partial charge >= 0.3 is 0 Å². The number of aromatic nitrogens is 2. The highest BCUT2D eigenvalue weighted by Crippen LogP contribution is 1.93. The van der Waals surface area contributed by atoms with Crippen molar-refractivity contribution in [3.05, 3.63) is 18.0 Å². The number of aryl methyl sites for hydroxylation is 1. The molecule has 0 atom stereocenters. The zero-order chi connectivity index (χ0) is 9.84. The number of rotatable bonds is 1. The molecule has 7 heteroatoms. The zero-order valence-corrected chi connectivity index (χ0v) is 7.76. The van der Waals surface area contributed by atoms with Crippen molar-refractivity contribution in [2.75, 3.05) is 0 Å². The fraction of sp³-hybridized carbons (Fsp3) is 0.167. The van der Waals surface area contributed by atoms with Crippen LogP contribution in [-0.4, -0.2) is 20.8 Å². The SMILES string of the molecule is Cn1nccc1C(=O)NNC(N)=S. The summed E-state index contributed by atoms with van der Waals surface area (Å²) < 4.78 is 1.44. The Labute approximate surface area is 80.1 Å². The average molecular weight is 199 g/mol. The number of nitrogens with two attached hydrogens (primary N) is 1. The number of carbonyl (C=O) groups is 1. The van der Waals surface area contributed by atoms with Gasteiger partial charge in [-0.25, -0.2) is 0 Å². The molecule has 0 unspecified atom stereocenters. The highest BCUT2D eigenvalue weighted by molar-refractivity contribution is 7.80. The van der Waals surface area contributed by atoms with Crippen LogP contribution >= 0.6 is 12.2 Å². The fourth-order valence-electron chi connectivity index (χ4n) is 0.779. The van der Waals surface area contributed by atoms with Gasteiger partial charge in [-0.05, 0) is 18.3 Å². The number of amides is 1. The van der Waals surface area contributed by atoms with E-state index in [1.54, 1.807) is 13.1 Å². The van der Waals surface area contributed by atoms with Crippen LogP contribution < -0.4 is 16.6 Å². The predicted molar refractivity (Wildman–Crippen MR) is 50.6 cm³/mol. The lowest BCUT2D eigenvalue weighted by Gasteiger charge is -2.05. The smallest absolute Gasteiger partial charge is 0.287 e. The molecule has 1 aromatic rings. The minimum absolute atomic E-state index is 0.00974. The van der Waals surface area contributed by atoms with E-state index >= 15 is 0 Å². The largest absolute Gasteiger partial charge is 0.375 e. The molecule has 1 rings (SSSR count). The van der Waals surface area contributed by atoms with Crippen molar-refractivity contribution in [1.82, 2.24) is 20.6 Å². The second-order valence-corrected chi connectivity index (χ2v) is 2.72. The molecule has 70 valence electrons. The van der Waals surface area contributed by atoms with Crippen molar-refractivity contribution < 1.29 is 4.79 Å². The Kier molecular flexibility index (Phi) is 2.80. The maximum Gasteiger partial charge on any atom is 0.287 e. The molecule has 0 fully saturated rings. The summed E-state index contributed by atoms with van der Waals surface area (Å²) >= 11 is 4.51. The normalized spacial score (nSPS) is 9.31. The number of carbonyl (C=O) groups excluding carboxylic acids is 1. The van der Waals surface area contributed by atoms with E-state index in [2.05, 4.69) is 28.2 Å². The van der Waals surface area contributed by atoms with Gasteiger partial charge in [-0.3, -0.25) is 20.3 Å². The van der Waals surface area contributed by atoms with Crippen LogP contribution in [0.1, 0.15) is 10.5 Å². The molecule has 0 aliphatic rings. The van der Waals surface area contributed by atoms with Crippen LogP contribution in [0.4, 0.5) is 0 Å². The van der Waals surface area contributed by atoms with Gasteiger partial charge in [-0.15, -0.1) is 0 Å². The molecular weight excluding hydrogens is 190 g/mol. The van der Waals surface area contributed by atoms with Crippen LogP contribution in [0.15, 0.2) is 12.3 Å². The lowest BCUT2D eigenvalue weighted by atomic mass is 10.4. The standard InChI is InChI=1S/C6H9N5OS/c1-11-4(2-3-8-11)5(12)9-10-6(7)13/h2-3H,1H3,(H,9,12)(H3,7,10,13). The van der Waals surface area contributed by atoms with Crippen molar-refractivity contribution in [3.63, 3.8) is 0 Å². The Balaban J connectivity index is 2.59. The number of nitrogens with zero attached hydrogens (tertiary/aromatic N) is 2. The fourth-order valence-corrected chi connectivity index (χ4v) is 0.830. The van der Waals surface area contributed by atoms with Crippen molar-refractivity contribution in [2.45, 2.75) is 0 Å². The van der Waals surface area contributed by atoms with Gasteiger partial charge in [0, 0.05) is 13.2 Å². The molecule has 4 N–H and O–H groups in total. The minimum atomic E-state index is -0.340. The lowest BCUT2D eigenvalue weighted by molar-refractivity contribution is 0.0934. The summed E-state index contributed by atoms with van der Waals surface area (Å²) in [5.41, 5.74) is 10.2. The molecule has 6 nitrogen and oxygen atoms in total. The van der Waals surface area contributed by atoms with Gasteiger partial charge in [0.2, 0.25) is 0 Å². The van der Waals surface area contributed by atoms with Crippen LogP contribution in [0.3, 0.4) is 0 Å². The van der Waals surface area contributed by atoms with Gasteiger partial charge in [0.1, 0.15) is 5.69 Å². The van der Waals surface area contributed by atoms with Crippen LogP contribution in [0, 0.1) is 0 Å². The Bertz CT molecular complexity index is 334. The molecule has 1 heterocycles. The molecule has 1 aromatic heterocycles. The van der Waals surface area contributed by atoms with Crippen molar-refractivity contribution >= 4 is 23.2 Å². The van der Waals surface area contributed by atoms with Crippen LogP contribution in [0.25, 0.3) is 0 Å². The van der Waals surface area contributed by atoms with Crippen molar-refractivity contribution in [3.8, 4) is 0 Å². The summed E-state index contributed by atoms with van der Waals surface area (Å²) in [7, 11) is 1.66. The topological polar surface area (TPSA) is 85.0 Å². The van der Waals surface area contributed by atoms with Crippen molar-refractivity contribution in [1.29, 1.82) is 0 Å². The zero-order valence-electron chi connectivity index (χ0n) is 6.94. The van der Waals surface area contributed by atoms with E-state index in [1.165, 1.54) is 10.9 Å². The summed E-state index contributed by atoms with van der Waals surface area (Å²) in [4.78, 5) is 11.3. The third-order valence-corrected chi connectivity index (χ3v) is 1.45. The minimum Gasteiger partial charge on any atom is -0.375 e. The number of hydrogen-bond acceptors (Lipinski definition) is 3. The van der Waals surface area contributed by atoms with E-state index in [0.717, 1.165) is 0 Å². The number of hydrazine groups is 1. The molecule has 0 saturated heterocycles. The summed E-state index contributed by atoms with van der Waals surface area (Å²) in [5, 5.41) is 3.84. The summed E-state index contributed by atoms with van der Waals surface area (Å²) in [5.74, 6) is -0.340. The Hall–Kier alpha value is -1.63. The predicted octanol–water partition coefficient (Wildman–Crippen LogP) is -1.10. The first-order valence-electron chi connectivity index (χ1n) is 3.45. The molecule has 0 spiro atoms. The first-order valence-corrected chi connectivity index (χ1v) is 3.86. The Morgan fingerprint density at radius 1 is 1.69 bits per heavy atom. The van der Waals surface area contributed by atoms with Crippen LogP contribution in [0.2, 0.25) is 0 Å². The van der Waals surface area contributed by atoms with E-state index in [4.69, 9.17) is 5.73 Å². The van der Waals surface area contributed by atoms with Gasteiger partial charge in [0.25, 0.3) is 5.91 Å². The summed E-state index contributed by atoms with van der Waals surface area (Å²) in [6.45, 7) is 0. The maximum absolute atomic E-state index is 11.3. The maximum atomic E-state index is 11.3. The molecule has 1 amide bonds. The Morgan fingerprint density at radius 2 is 2.38 bits per heavy atom. The lowest BCUT2D eigenvalue weighted by Crippen LogP contribution is -2.44. The highest BCUT2D eigenvalue weighted by atomic mass is 32.1. The van der Waals surface area contributed by atoms with E-state index in [1.807, 2.05) is 0 Å². The van der Waals surface area contributed by atoms with Gasteiger partial charge < -0.3 is 5.73 Å². The van der Waals surface area contributed by atoms with Crippen molar-refractivity contribution in [2.24, 2.45) is 12.8 Å². The van der Waals surface area contributed by atoms with Gasteiger partial charge in [-0.2, -0.15) is 5.10 Å². The van der Waals surface area contributed by atoms with E-state index < -0.39 is 0 Å². The van der Waals surface area contributed by atoms with E-state index in [0.29, 0.717) is 5.69 Å². The molecule has 0 radical (unpaired) electrons. The second-order valence-electron chi connectivity index (χ2n) is 2.28. The Morgan fingerprint density at radius 3 is 2.85 bits per heavy atom. The highest BCUT2D eigenvalue weighted by Gasteiger charge is 2.08. The first-order chi connectivity index (χ1) is 6.11. The van der Waals surface area contributed by atoms with Crippen LogP contribution in [-0.2, 0) is 7.05 Å². The summed E-state index contributed by atoms with van der Waals surface area (Å²) in [6, 6.07) is 1.58. The van der Waals surface area contributed by atoms with E-state index in [9.17, 15) is 4.79 Å². The number of hydrogen-bond donors (Lipinski definition) is 3. The van der Waals surface area contributed by atoms with Gasteiger partial charge in [-0.1, -0.05) is 0 Å². The molecule has 13 heavy (non-hydrogen) atoms. The molecule has 0 saturated carbocycles. The molecule has 0 aliphatic carbocycles. The molecule has 0 bridgehead atoms. The first kappa shape index (κ1) is 9.46. The van der Waals surface area contributed by atoms with Gasteiger partial charge in [0.05, 0.1) is 0 Å². The molecule has 0 aromatic carbocycles. The number of nitrogens with one attached hydrogen (secondary N) is 2. The third kappa shape index (κ3) is 2.41. The third-order valence-electron chi connectivity index (χ3n) is 1.35. The van der Waals surface area contributed by atoms with Gasteiger partial charge in [0.15, 0.2) is 5.11 Å². The van der Waals surface area contributed by atoms with Crippen LogP contribution in [0.5, 0.6) is 0 Å². The quantitative estimate of drug-likeness (QED) is 0.395. The summed E-state index contributed by atoms with van der Waals surface area (Å²) in [6.07, 6.45) is 1.52. The molecule has 0 aliphatic heterocycles. The molecular formula is C6H9N5OS. The monoisotopic (exact) mass is 199 g/mol. The number of thiocarbonyl (C=S) groups is 1. The van der Waals surface area contributed by atoms with E-state index in [-0.39, 0.29) is 11.0 Å². The average Bonchev–Trinajstić information content (AvgIpc) is 2.47. The second kappa shape index (κ2) is 3.85.